The van der Waals surface area contributed by atoms with Gasteiger partial charge in [0.2, 0.25) is 5.91 Å². The van der Waals surface area contributed by atoms with Crippen LogP contribution in [0.1, 0.15) is 25.3 Å². The van der Waals surface area contributed by atoms with Gasteiger partial charge < -0.3 is 10.6 Å². The second-order valence-electron chi connectivity index (χ2n) is 5.23. The number of nitrogens with one attached hydrogen (secondary N) is 2. The molecule has 2 unspecified atom stereocenters. The van der Waals surface area contributed by atoms with Gasteiger partial charge >= 0.3 is 0 Å². The number of piperidine rings is 1. The molecule has 2 N–H and O–H groups in total. The lowest BCUT2D eigenvalue weighted by molar-refractivity contribution is -0.123. The fraction of sp³-hybridized carbons (Fsp3) is 0.533. The van der Waals surface area contributed by atoms with Gasteiger partial charge in [0, 0.05) is 6.54 Å². The molecule has 20 heavy (non-hydrogen) atoms. The molecule has 1 aromatic carbocycles. The monoisotopic (exact) mass is 282 g/mol. The van der Waals surface area contributed by atoms with E-state index in [1.807, 2.05) is 6.92 Å². The van der Waals surface area contributed by atoms with E-state index in [2.05, 4.69) is 10.6 Å². The Bertz CT molecular complexity index is 479. The highest BCUT2D eigenvalue weighted by Crippen LogP contribution is 2.23. The molecular formula is C15H20F2N2O. The fourth-order valence-corrected chi connectivity index (χ4v) is 2.69. The van der Waals surface area contributed by atoms with Crippen LogP contribution in [0.15, 0.2) is 18.2 Å². The summed E-state index contributed by atoms with van der Waals surface area (Å²) in [6.07, 6.45) is 1.99. The number of carbonyl (C=O) groups excluding carboxylic acids is 1. The first-order valence-corrected chi connectivity index (χ1v) is 7.05. The van der Waals surface area contributed by atoms with Gasteiger partial charge in [0.1, 0.15) is 11.6 Å². The van der Waals surface area contributed by atoms with Crippen molar-refractivity contribution in [2.24, 2.45) is 5.92 Å². The van der Waals surface area contributed by atoms with E-state index in [9.17, 15) is 13.6 Å². The molecule has 0 bridgehead atoms. The smallest absolute Gasteiger partial charge is 0.237 e. The average Bonchev–Trinajstić information content (AvgIpc) is 2.43. The van der Waals surface area contributed by atoms with E-state index < -0.39 is 5.82 Å². The normalized spacial score (nSPS) is 22.6. The van der Waals surface area contributed by atoms with Gasteiger partial charge in [0.05, 0.1) is 6.04 Å². The zero-order valence-electron chi connectivity index (χ0n) is 11.6. The number of carbonyl (C=O) groups is 1. The largest absolute Gasteiger partial charge is 0.355 e. The molecule has 2 atom stereocenters. The highest BCUT2D eigenvalue weighted by atomic mass is 19.1. The van der Waals surface area contributed by atoms with Crippen LogP contribution in [0, 0.1) is 17.6 Å². The maximum absolute atomic E-state index is 13.6. The third-order valence-corrected chi connectivity index (χ3v) is 3.70. The Kier molecular flexibility index (Phi) is 5.06. The van der Waals surface area contributed by atoms with Gasteiger partial charge in [-0.1, -0.05) is 0 Å². The quantitative estimate of drug-likeness (QED) is 0.887. The first kappa shape index (κ1) is 14.9. The summed E-state index contributed by atoms with van der Waals surface area (Å²) in [4.78, 5) is 11.8. The zero-order valence-corrected chi connectivity index (χ0v) is 11.6. The van der Waals surface area contributed by atoms with Gasteiger partial charge in [-0.2, -0.15) is 0 Å². The Morgan fingerprint density at radius 3 is 3.00 bits per heavy atom. The molecule has 0 aromatic heterocycles. The molecule has 1 saturated heterocycles. The van der Waals surface area contributed by atoms with Crippen molar-refractivity contribution in [1.29, 1.82) is 0 Å². The summed E-state index contributed by atoms with van der Waals surface area (Å²) in [6.45, 7) is 3.20. The molecule has 1 heterocycles. The predicted octanol–water partition coefficient (Wildman–Crippen LogP) is 2.01. The molecule has 1 amide bonds. The number of benzene rings is 1. The lowest BCUT2D eigenvalue weighted by Crippen LogP contribution is -2.49. The van der Waals surface area contributed by atoms with Crippen LogP contribution >= 0.6 is 0 Å². The average molecular weight is 282 g/mol. The number of halogens is 2. The van der Waals surface area contributed by atoms with Crippen LogP contribution in [0.25, 0.3) is 0 Å². The van der Waals surface area contributed by atoms with Crippen molar-refractivity contribution in [2.75, 3.05) is 13.1 Å². The Hall–Kier alpha value is -1.49. The van der Waals surface area contributed by atoms with E-state index in [1.54, 1.807) is 0 Å². The van der Waals surface area contributed by atoms with Gasteiger partial charge in [-0.3, -0.25) is 4.79 Å². The SMILES string of the molecule is CCNC(=O)C1CC(Cc2cc(F)ccc2F)CCN1. The molecular weight excluding hydrogens is 262 g/mol. The maximum Gasteiger partial charge on any atom is 0.237 e. The van der Waals surface area contributed by atoms with Crippen LogP contribution in [0.4, 0.5) is 8.78 Å². The molecule has 0 spiro atoms. The summed E-state index contributed by atoms with van der Waals surface area (Å²) >= 11 is 0. The molecule has 0 saturated carbocycles. The van der Waals surface area contributed by atoms with Crippen molar-refractivity contribution >= 4 is 5.91 Å². The number of rotatable bonds is 4. The minimum absolute atomic E-state index is 0.0167. The van der Waals surface area contributed by atoms with Crippen molar-refractivity contribution in [2.45, 2.75) is 32.2 Å². The molecule has 1 aliphatic heterocycles. The highest BCUT2D eigenvalue weighted by Gasteiger charge is 2.27. The van der Waals surface area contributed by atoms with Gasteiger partial charge in [-0.15, -0.1) is 0 Å². The minimum Gasteiger partial charge on any atom is -0.355 e. The second kappa shape index (κ2) is 6.79. The van der Waals surface area contributed by atoms with Crippen LogP contribution in [-0.4, -0.2) is 25.0 Å². The van der Waals surface area contributed by atoms with Crippen molar-refractivity contribution in [3.63, 3.8) is 0 Å². The zero-order chi connectivity index (χ0) is 14.5. The molecule has 5 heteroatoms. The van der Waals surface area contributed by atoms with Gasteiger partial charge in [0.15, 0.2) is 0 Å². The Labute approximate surface area is 117 Å². The lowest BCUT2D eigenvalue weighted by Gasteiger charge is -2.29. The summed E-state index contributed by atoms with van der Waals surface area (Å²) in [5.41, 5.74) is 0.395. The Morgan fingerprint density at radius 2 is 2.25 bits per heavy atom. The fourth-order valence-electron chi connectivity index (χ4n) is 2.69. The number of amides is 1. The van der Waals surface area contributed by atoms with Crippen molar-refractivity contribution < 1.29 is 13.6 Å². The number of hydrogen-bond acceptors (Lipinski definition) is 2. The van der Waals surface area contributed by atoms with Crippen molar-refractivity contribution in [3.05, 3.63) is 35.4 Å². The van der Waals surface area contributed by atoms with Crippen LogP contribution < -0.4 is 10.6 Å². The third-order valence-electron chi connectivity index (χ3n) is 3.70. The van der Waals surface area contributed by atoms with Crippen LogP contribution in [-0.2, 0) is 11.2 Å². The van der Waals surface area contributed by atoms with E-state index in [-0.39, 0.29) is 23.7 Å². The van der Waals surface area contributed by atoms with Crippen LogP contribution in [0.3, 0.4) is 0 Å². The van der Waals surface area contributed by atoms with E-state index in [4.69, 9.17) is 0 Å². The molecule has 2 rings (SSSR count). The first-order valence-electron chi connectivity index (χ1n) is 7.05. The van der Waals surface area contributed by atoms with Crippen molar-refractivity contribution in [1.82, 2.24) is 10.6 Å². The summed E-state index contributed by atoms with van der Waals surface area (Å²) in [6, 6.07) is 3.30. The number of hydrogen-bond donors (Lipinski definition) is 2. The Balaban J connectivity index is 1.99. The molecule has 1 fully saturated rings. The molecule has 1 aliphatic rings. The van der Waals surface area contributed by atoms with Crippen molar-refractivity contribution in [3.8, 4) is 0 Å². The van der Waals surface area contributed by atoms with Gasteiger partial charge in [-0.05, 0) is 62.4 Å². The van der Waals surface area contributed by atoms with E-state index in [1.165, 1.54) is 6.07 Å². The number of likely N-dealkylation sites (N-methyl/N-ethyl adjacent to an activating group) is 1. The summed E-state index contributed by atoms with van der Waals surface area (Å²) in [7, 11) is 0. The lowest BCUT2D eigenvalue weighted by atomic mass is 9.86. The maximum atomic E-state index is 13.6. The Morgan fingerprint density at radius 1 is 1.45 bits per heavy atom. The first-order chi connectivity index (χ1) is 9.60. The highest BCUT2D eigenvalue weighted by molar-refractivity contribution is 5.81. The standard InChI is InChI=1S/C15H20F2N2O/c1-2-18-15(20)14-8-10(5-6-19-14)7-11-9-12(16)3-4-13(11)17/h3-4,9-10,14,19H,2,5-8H2,1H3,(H,18,20). The second-order valence-corrected chi connectivity index (χ2v) is 5.23. The van der Waals surface area contributed by atoms with E-state index in [0.717, 1.165) is 25.1 Å². The van der Waals surface area contributed by atoms with Gasteiger partial charge in [0.25, 0.3) is 0 Å². The van der Waals surface area contributed by atoms with Crippen LogP contribution in [0.2, 0.25) is 0 Å². The summed E-state index contributed by atoms with van der Waals surface area (Å²) in [5.74, 6) is -0.618. The molecule has 3 nitrogen and oxygen atoms in total. The molecule has 0 aliphatic carbocycles. The van der Waals surface area contributed by atoms with E-state index >= 15 is 0 Å². The molecule has 1 aromatic rings. The minimum atomic E-state index is -0.421. The molecule has 110 valence electrons. The van der Waals surface area contributed by atoms with E-state index in [0.29, 0.717) is 24.9 Å². The molecule has 0 radical (unpaired) electrons. The summed E-state index contributed by atoms with van der Waals surface area (Å²) < 4.78 is 26.8. The van der Waals surface area contributed by atoms with Gasteiger partial charge in [-0.25, -0.2) is 8.78 Å². The topological polar surface area (TPSA) is 41.1 Å². The van der Waals surface area contributed by atoms with Crippen LogP contribution in [0.5, 0.6) is 0 Å². The predicted molar refractivity (Wildman–Crippen MR) is 73.3 cm³/mol. The summed E-state index contributed by atoms with van der Waals surface area (Å²) in [5, 5.41) is 5.95. The third kappa shape index (κ3) is 3.76.